The highest BCUT2D eigenvalue weighted by molar-refractivity contribution is 9.10. The first-order valence-electron chi connectivity index (χ1n) is 4.49. The van der Waals surface area contributed by atoms with E-state index in [1.54, 1.807) is 7.11 Å². The van der Waals surface area contributed by atoms with E-state index >= 15 is 0 Å². The summed E-state index contributed by atoms with van der Waals surface area (Å²) in [6, 6.07) is 6.12. The summed E-state index contributed by atoms with van der Waals surface area (Å²) >= 11 is 5.51. The molecule has 1 aliphatic heterocycles. The van der Waals surface area contributed by atoms with Crippen molar-refractivity contribution in [1.29, 1.82) is 0 Å². The Balaban J connectivity index is 2.25. The molecule has 2 nitrogen and oxygen atoms in total. The molecular formula is C10H12BrNOS. The van der Waals surface area contributed by atoms with Crippen molar-refractivity contribution in [1.82, 2.24) is 5.32 Å². The van der Waals surface area contributed by atoms with E-state index < -0.39 is 0 Å². The van der Waals surface area contributed by atoms with Crippen LogP contribution in [0.25, 0.3) is 0 Å². The number of thioether (sulfide) groups is 1. The number of hydrogen-bond acceptors (Lipinski definition) is 3. The molecule has 0 spiro atoms. The lowest BCUT2D eigenvalue weighted by atomic mass is 10.2. The standard InChI is InChI=1S/C10H12BrNOS/c1-13-7-2-3-8(9(11)6-7)10-12-4-5-14-10/h2-3,6,10,12H,4-5H2,1H3. The number of methoxy groups -OCH3 is 1. The van der Waals surface area contributed by atoms with Gasteiger partial charge in [-0.2, -0.15) is 0 Å². The van der Waals surface area contributed by atoms with Crippen LogP contribution < -0.4 is 10.1 Å². The van der Waals surface area contributed by atoms with Crippen LogP contribution in [-0.4, -0.2) is 19.4 Å². The molecule has 1 aromatic carbocycles. The van der Waals surface area contributed by atoms with Gasteiger partial charge in [0.15, 0.2) is 0 Å². The summed E-state index contributed by atoms with van der Waals surface area (Å²) in [5.41, 5.74) is 1.30. The molecule has 1 unspecified atom stereocenters. The maximum atomic E-state index is 5.16. The molecular weight excluding hydrogens is 262 g/mol. The van der Waals surface area contributed by atoms with Gasteiger partial charge in [0.2, 0.25) is 0 Å². The molecule has 0 aliphatic carbocycles. The lowest BCUT2D eigenvalue weighted by Gasteiger charge is -2.12. The van der Waals surface area contributed by atoms with Crippen molar-refractivity contribution in [2.75, 3.05) is 19.4 Å². The third-order valence-corrected chi connectivity index (χ3v) is 4.09. The fraction of sp³-hybridized carbons (Fsp3) is 0.400. The predicted octanol–water partition coefficient (Wildman–Crippen LogP) is 2.79. The van der Waals surface area contributed by atoms with E-state index in [1.807, 2.05) is 23.9 Å². The first kappa shape index (κ1) is 10.3. The van der Waals surface area contributed by atoms with Gasteiger partial charge >= 0.3 is 0 Å². The summed E-state index contributed by atoms with van der Waals surface area (Å²) in [6.07, 6.45) is 0. The van der Waals surface area contributed by atoms with Crippen LogP contribution in [0.2, 0.25) is 0 Å². The molecule has 4 heteroatoms. The Morgan fingerprint density at radius 1 is 1.57 bits per heavy atom. The molecule has 1 aliphatic rings. The Labute approximate surface area is 96.5 Å². The van der Waals surface area contributed by atoms with Gasteiger partial charge in [0.1, 0.15) is 5.75 Å². The predicted molar refractivity (Wildman–Crippen MR) is 63.9 cm³/mol. The maximum Gasteiger partial charge on any atom is 0.120 e. The number of halogens is 1. The molecule has 0 aromatic heterocycles. The molecule has 1 heterocycles. The first-order valence-corrected chi connectivity index (χ1v) is 6.34. The smallest absolute Gasteiger partial charge is 0.120 e. The molecule has 1 aromatic rings. The molecule has 1 N–H and O–H groups in total. The molecule has 1 fully saturated rings. The second kappa shape index (κ2) is 4.55. The van der Waals surface area contributed by atoms with Gasteiger partial charge < -0.3 is 10.1 Å². The van der Waals surface area contributed by atoms with Crippen molar-refractivity contribution < 1.29 is 4.74 Å². The van der Waals surface area contributed by atoms with Crippen LogP contribution in [-0.2, 0) is 0 Å². The van der Waals surface area contributed by atoms with Crippen LogP contribution in [0, 0.1) is 0 Å². The van der Waals surface area contributed by atoms with Crippen molar-refractivity contribution >= 4 is 27.7 Å². The summed E-state index contributed by atoms with van der Waals surface area (Å²) in [5, 5.41) is 3.87. The van der Waals surface area contributed by atoms with Crippen LogP contribution in [0.4, 0.5) is 0 Å². The van der Waals surface area contributed by atoms with E-state index in [4.69, 9.17) is 4.74 Å². The summed E-state index contributed by atoms with van der Waals surface area (Å²) in [7, 11) is 1.68. The van der Waals surface area contributed by atoms with E-state index in [0.29, 0.717) is 5.37 Å². The van der Waals surface area contributed by atoms with Crippen molar-refractivity contribution in [3.05, 3.63) is 28.2 Å². The molecule has 1 atom stereocenters. The topological polar surface area (TPSA) is 21.3 Å². The second-order valence-corrected chi connectivity index (χ2v) is 5.16. The zero-order valence-corrected chi connectivity index (χ0v) is 10.3. The Morgan fingerprint density at radius 3 is 3.00 bits per heavy atom. The Hall–Kier alpha value is -0.190. The molecule has 1 saturated heterocycles. The maximum absolute atomic E-state index is 5.16. The average Bonchev–Trinajstić information content (AvgIpc) is 2.70. The van der Waals surface area contributed by atoms with Gasteiger partial charge in [0.05, 0.1) is 12.5 Å². The minimum Gasteiger partial charge on any atom is -0.497 e. The third-order valence-electron chi connectivity index (χ3n) is 2.21. The van der Waals surface area contributed by atoms with Gasteiger partial charge in [-0.1, -0.05) is 22.0 Å². The number of hydrogen-bond donors (Lipinski definition) is 1. The Bertz CT molecular complexity index is 326. The number of benzene rings is 1. The van der Waals surface area contributed by atoms with Gasteiger partial charge in [-0.3, -0.25) is 0 Å². The van der Waals surface area contributed by atoms with Crippen molar-refractivity contribution in [3.8, 4) is 5.75 Å². The van der Waals surface area contributed by atoms with Crippen LogP contribution >= 0.6 is 27.7 Å². The number of nitrogens with one attached hydrogen (secondary N) is 1. The highest BCUT2D eigenvalue weighted by Crippen LogP contribution is 2.35. The number of ether oxygens (including phenoxy) is 1. The molecule has 76 valence electrons. The molecule has 0 amide bonds. The van der Waals surface area contributed by atoms with Crippen molar-refractivity contribution in [2.45, 2.75) is 5.37 Å². The van der Waals surface area contributed by atoms with Gasteiger partial charge in [-0.15, -0.1) is 11.8 Å². The molecule has 2 rings (SSSR count). The number of rotatable bonds is 2. The normalized spacial score (nSPS) is 21.1. The highest BCUT2D eigenvalue weighted by Gasteiger charge is 2.18. The summed E-state index contributed by atoms with van der Waals surface area (Å²) in [4.78, 5) is 0. The minimum atomic E-state index is 0.426. The minimum absolute atomic E-state index is 0.426. The third kappa shape index (κ3) is 2.07. The second-order valence-electron chi connectivity index (χ2n) is 3.09. The van der Waals surface area contributed by atoms with Gasteiger partial charge in [0.25, 0.3) is 0 Å². The average molecular weight is 274 g/mol. The summed E-state index contributed by atoms with van der Waals surface area (Å²) in [6.45, 7) is 1.09. The Kier molecular flexibility index (Phi) is 3.36. The van der Waals surface area contributed by atoms with Crippen molar-refractivity contribution in [3.63, 3.8) is 0 Å². The van der Waals surface area contributed by atoms with Crippen LogP contribution in [0.15, 0.2) is 22.7 Å². The zero-order chi connectivity index (χ0) is 9.97. The molecule has 14 heavy (non-hydrogen) atoms. The summed E-state index contributed by atoms with van der Waals surface area (Å²) in [5.74, 6) is 2.08. The highest BCUT2D eigenvalue weighted by atomic mass is 79.9. The quantitative estimate of drug-likeness (QED) is 0.896. The lowest BCUT2D eigenvalue weighted by molar-refractivity contribution is 0.414. The van der Waals surface area contributed by atoms with Crippen LogP contribution in [0.1, 0.15) is 10.9 Å². The van der Waals surface area contributed by atoms with Crippen LogP contribution in [0.5, 0.6) is 5.75 Å². The van der Waals surface area contributed by atoms with Gasteiger partial charge in [0, 0.05) is 16.8 Å². The van der Waals surface area contributed by atoms with Gasteiger partial charge in [-0.25, -0.2) is 0 Å². The van der Waals surface area contributed by atoms with Crippen molar-refractivity contribution in [2.24, 2.45) is 0 Å². The summed E-state index contributed by atoms with van der Waals surface area (Å²) < 4.78 is 6.27. The van der Waals surface area contributed by atoms with E-state index in [1.165, 1.54) is 11.3 Å². The lowest BCUT2D eigenvalue weighted by Crippen LogP contribution is -2.12. The van der Waals surface area contributed by atoms with Gasteiger partial charge in [-0.05, 0) is 17.7 Å². The Morgan fingerprint density at radius 2 is 2.43 bits per heavy atom. The van der Waals surface area contributed by atoms with E-state index in [-0.39, 0.29) is 0 Å². The largest absolute Gasteiger partial charge is 0.497 e. The van der Waals surface area contributed by atoms with Crippen LogP contribution in [0.3, 0.4) is 0 Å². The molecule has 0 saturated carbocycles. The SMILES string of the molecule is COc1ccc(C2NCCS2)c(Br)c1. The van der Waals surface area contributed by atoms with E-state index in [9.17, 15) is 0 Å². The zero-order valence-electron chi connectivity index (χ0n) is 7.92. The first-order chi connectivity index (χ1) is 6.81. The molecule has 0 radical (unpaired) electrons. The van der Waals surface area contributed by atoms with E-state index in [0.717, 1.165) is 16.8 Å². The monoisotopic (exact) mass is 273 g/mol. The fourth-order valence-corrected chi connectivity index (χ4v) is 3.30. The fourth-order valence-electron chi connectivity index (χ4n) is 1.47. The van der Waals surface area contributed by atoms with E-state index in [2.05, 4.69) is 27.3 Å². The molecule has 0 bridgehead atoms.